The number of nitrogens with zero attached hydrogens (tertiary/aromatic N) is 2. The van der Waals surface area contributed by atoms with Gasteiger partial charge in [0.1, 0.15) is 0 Å². The van der Waals surface area contributed by atoms with E-state index in [2.05, 4.69) is 19.3 Å². The van der Waals surface area contributed by atoms with Crippen LogP contribution >= 0.6 is 9.24 Å². The molecule has 0 spiro atoms. The molecule has 2 aromatic rings. The zero-order chi connectivity index (χ0) is 16.0. The molecule has 0 saturated carbocycles. The second kappa shape index (κ2) is 5.43. The molecule has 4 rings (SSSR count). The molecule has 6 heteroatoms. The third-order valence-corrected chi connectivity index (χ3v) is 4.59. The Hall–Kier alpha value is -2.26. The van der Waals surface area contributed by atoms with Gasteiger partial charge in [-0.25, -0.2) is 5.01 Å². The Labute approximate surface area is 136 Å². The van der Waals surface area contributed by atoms with Crippen molar-refractivity contribution in [3.05, 3.63) is 47.3 Å². The van der Waals surface area contributed by atoms with Gasteiger partial charge in [0.05, 0.1) is 23.5 Å². The number of ketones is 1. The summed E-state index contributed by atoms with van der Waals surface area (Å²) in [5, 5.41) is 6.90. The molecule has 116 valence electrons. The van der Waals surface area contributed by atoms with Crippen LogP contribution in [-0.4, -0.2) is 22.4 Å². The quantitative estimate of drug-likeness (QED) is 0.860. The molecule has 1 aliphatic heterocycles. The molecule has 1 aromatic carbocycles. The third kappa shape index (κ3) is 2.51. The van der Waals surface area contributed by atoms with Gasteiger partial charge in [-0.1, -0.05) is 12.1 Å². The van der Waals surface area contributed by atoms with Gasteiger partial charge >= 0.3 is 0 Å². The third-order valence-electron chi connectivity index (χ3n) is 4.23. The first-order chi connectivity index (χ1) is 11.1. The van der Waals surface area contributed by atoms with Crippen LogP contribution in [0, 0.1) is 0 Å². The number of H-pyrrole nitrogens is 1. The van der Waals surface area contributed by atoms with Crippen molar-refractivity contribution in [2.24, 2.45) is 5.10 Å². The Balaban J connectivity index is 1.69. The summed E-state index contributed by atoms with van der Waals surface area (Å²) in [5.74, 6) is 0.112. The number of anilines is 1. The van der Waals surface area contributed by atoms with Gasteiger partial charge in [0.15, 0.2) is 5.78 Å². The summed E-state index contributed by atoms with van der Waals surface area (Å²) in [6.45, 7) is 0. The number of aromatic nitrogens is 1. The summed E-state index contributed by atoms with van der Waals surface area (Å²) in [5.41, 5.74) is 3.95. The van der Waals surface area contributed by atoms with Crippen molar-refractivity contribution in [3.8, 4) is 0 Å². The monoisotopic (exact) mass is 325 g/mol. The van der Waals surface area contributed by atoms with Crippen LogP contribution in [0.1, 0.15) is 41.0 Å². The first kappa shape index (κ1) is 14.3. The van der Waals surface area contributed by atoms with E-state index in [1.54, 1.807) is 0 Å². The topological polar surface area (TPSA) is 65.5 Å². The van der Waals surface area contributed by atoms with Crippen LogP contribution in [0.3, 0.4) is 0 Å². The van der Waals surface area contributed by atoms with Crippen molar-refractivity contribution in [1.82, 2.24) is 4.98 Å². The van der Waals surface area contributed by atoms with Gasteiger partial charge in [0, 0.05) is 17.7 Å². The molecular formula is C17H16N3O2P. The molecule has 2 heterocycles. The molecule has 5 nitrogen and oxygen atoms in total. The van der Waals surface area contributed by atoms with Crippen molar-refractivity contribution in [2.45, 2.75) is 25.7 Å². The summed E-state index contributed by atoms with van der Waals surface area (Å²) < 4.78 is 0. The highest BCUT2D eigenvalue weighted by atomic mass is 31.0. The van der Waals surface area contributed by atoms with Crippen molar-refractivity contribution in [1.29, 1.82) is 0 Å². The van der Waals surface area contributed by atoms with Crippen LogP contribution in [0.25, 0.3) is 0 Å². The average Bonchev–Trinajstić information content (AvgIpc) is 3.11. The fourth-order valence-corrected chi connectivity index (χ4v) is 3.38. The van der Waals surface area contributed by atoms with Gasteiger partial charge in [-0.2, -0.15) is 5.10 Å². The number of nitrogens with one attached hydrogen (secondary N) is 1. The maximum absolute atomic E-state index is 12.3. The Morgan fingerprint density at radius 2 is 2.04 bits per heavy atom. The standard InChI is InChI=1S/C17H16N3O2P/c21-16-6-2-5-13-12(16)8-14(18-13)15-9-17(22)20(19-15)10-3-1-4-11(23)7-10/h1,3-4,7-8,18H,2,5-6,9,23H2. The predicted molar refractivity (Wildman–Crippen MR) is 92.5 cm³/mol. The highest BCUT2D eigenvalue weighted by Crippen LogP contribution is 2.26. The molecule has 1 unspecified atom stereocenters. The molecule has 1 aliphatic carbocycles. The highest BCUT2D eigenvalue weighted by molar-refractivity contribution is 7.27. The van der Waals surface area contributed by atoms with Gasteiger partial charge in [-0.3, -0.25) is 9.59 Å². The van der Waals surface area contributed by atoms with Crippen LogP contribution in [-0.2, 0) is 11.2 Å². The lowest BCUT2D eigenvalue weighted by Crippen LogP contribution is -2.20. The van der Waals surface area contributed by atoms with Crippen LogP contribution in [0.5, 0.6) is 0 Å². The number of benzene rings is 1. The molecule has 1 aromatic heterocycles. The Morgan fingerprint density at radius 3 is 2.83 bits per heavy atom. The lowest BCUT2D eigenvalue weighted by atomic mass is 9.97. The summed E-state index contributed by atoms with van der Waals surface area (Å²) in [6, 6.07) is 9.45. The molecule has 2 aliphatic rings. The fourth-order valence-electron chi connectivity index (χ4n) is 3.10. The fraction of sp³-hybridized carbons (Fsp3) is 0.235. The number of aromatic amines is 1. The van der Waals surface area contributed by atoms with Crippen LogP contribution in [0.2, 0.25) is 0 Å². The van der Waals surface area contributed by atoms with Crippen molar-refractivity contribution in [2.75, 3.05) is 5.01 Å². The number of aryl methyl sites for hydroxylation is 1. The second-order valence-electron chi connectivity index (χ2n) is 5.88. The second-order valence-corrected chi connectivity index (χ2v) is 6.54. The van der Waals surface area contributed by atoms with Gasteiger partial charge < -0.3 is 4.98 Å². The minimum Gasteiger partial charge on any atom is -0.357 e. The molecular weight excluding hydrogens is 309 g/mol. The number of hydrogen-bond donors (Lipinski definition) is 1. The zero-order valence-electron chi connectivity index (χ0n) is 12.5. The van der Waals surface area contributed by atoms with E-state index < -0.39 is 0 Å². The van der Waals surface area contributed by atoms with Crippen molar-refractivity contribution < 1.29 is 9.59 Å². The van der Waals surface area contributed by atoms with E-state index in [9.17, 15) is 9.59 Å². The van der Waals surface area contributed by atoms with Gasteiger partial charge in [0.2, 0.25) is 0 Å². The molecule has 1 N–H and O–H groups in total. The highest BCUT2D eigenvalue weighted by Gasteiger charge is 2.29. The minimum atomic E-state index is -0.0606. The number of amides is 1. The van der Waals surface area contributed by atoms with E-state index in [-0.39, 0.29) is 18.1 Å². The summed E-state index contributed by atoms with van der Waals surface area (Å²) in [7, 11) is 2.62. The lowest BCUT2D eigenvalue weighted by molar-refractivity contribution is -0.116. The predicted octanol–water partition coefficient (Wildman–Crippen LogP) is 2.18. The molecule has 0 bridgehead atoms. The van der Waals surface area contributed by atoms with Gasteiger partial charge in [-0.15, -0.1) is 9.24 Å². The van der Waals surface area contributed by atoms with E-state index in [0.29, 0.717) is 12.1 Å². The number of carbonyl (C=O) groups excluding carboxylic acids is 2. The summed E-state index contributed by atoms with van der Waals surface area (Å²) >= 11 is 0. The first-order valence-corrected chi connectivity index (χ1v) is 8.21. The Bertz CT molecular complexity index is 853. The average molecular weight is 325 g/mol. The maximum Gasteiger partial charge on any atom is 0.253 e. The molecule has 1 amide bonds. The number of Topliss-reactive ketones (excluding diaryl/α,β-unsaturated/α-hetero) is 1. The Kier molecular flexibility index (Phi) is 3.38. The van der Waals surface area contributed by atoms with E-state index in [1.807, 2.05) is 30.3 Å². The summed E-state index contributed by atoms with van der Waals surface area (Å²) in [6.07, 6.45) is 2.60. The lowest BCUT2D eigenvalue weighted by Gasteiger charge is -2.11. The number of hydrogen-bond acceptors (Lipinski definition) is 3. The van der Waals surface area contributed by atoms with Crippen LogP contribution in [0.15, 0.2) is 35.4 Å². The van der Waals surface area contributed by atoms with Crippen LogP contribution < -0.4 is 10.3 Å². The van der Waals surface area contributed by atoms with E-state index in [1.165, 1.54) is 5.01 Å². The smallest absolute Gasteiger partial charge is 0.253 e. The van der Waals surface area contributed by atoms with E-state index in [0.717, 1.165) is 40.8 Å². The zero-order valence-corrected chi connectivity index (χ0v) is 13.7. The number of carbonyl (C=O) groups is 2. The number of hydrazone groups is 1. The van der Waals surface area contributed by atoms with E-state index >= 15 is 0 Å². The van der Waals surface area contributed by atoms with Crippen molar-refractivity contribution in [3.63, 3.8) is 0 Å². The molecule has 23 heavy (non-hydrogen) atoms. The van der Waals surface area contributed by atoms with Gasteiger partial charge in [0.25, 0.3) is 5.91 Å². The van der Waals surface area contributed by atoms with Gasteiger partial charge in [-0.05, 0) is 36.3 Å². The first-order valence-electron chi connectivity index (χ1n) is 7.63. The van der Waals surface area contributed by atoms with Crippen molar-refractivity contribution >= 4 is 37.6 Å². The molecule has 0 saturated heterocycles. The van der Waals surface area contributed by atoms with Crippen LogP contribution in [0.4, 0.5) is 5.69 Å². The number of fused-ring (bicyclic) bond motifs is 1. The summed E-state index contributed by atoms with van der Waals surface area (Å²) in [4.78, 5) is 27.5. The maximum atomic E-state index is 12.3. The minimum absolute atomic E-state index is 0.0606. The largest absolute Gasteiger partial charge is 0.357 e. The number of rotatable bonds is 2. The molecule has 1 atom stereocenters. The SMILES string of the molecule is O=C1CCCc2[nH]c(C3=NN(c4cccc(P)c4)C(=O)C3)cc21. The normalized spacial score (nSPS) is 17.4. The Morgan fingerprint density at radius 1 is 1.17 bits per heavy atom. The molecule has 0 fully saturated rings. The molecule has 0 radical (unpaired) electrons. The van der Waals surface area contributed by atoms with E-state index in [4.69, 9.17) is 0 Å².